The maximum Gasteiger partial charge on any atom is 0.185 e. The predicted molar refractivity (Wildman–Crippen MR) is 71.9 cm³/mol. The standard InChI is InChI=1S/C13H20N2OS/c1-9-4-6-11(7-5-9)15(3)13-14-12(8-17-13)10(2)16/h8-9,11H,4-7H2,1-3H3. The van der Waals surface area contributed by atoms with Crippen LogP contribution >= 0.6 is 11.3 Å². The molecule has 17 heavy (non-hydrogen) atoms. The normalized spacial score (nSPS) is 24.6. The summed E-state index contributed by atoms with van der Waals surface area (Å²) in [6.45, 7) is 3.90. The molecule has 1 fully saturated rings. The molecule has 0 atom stereocenters. The molecule has 3 nitrogen and oxygen atoms in total. The Balaban J connectivity index is 2.03. The molecule has 0 amide bonds. The van der Waals surface area contributed by atoms with Crippen molar-refractivity contribution in [3.63, 3.8) is 0 Å². The Kier molecular flexibility index (Phi) is 3.82. The van der Waals surface area contributed by atoms with Gasteiger partial charge in [-0.05, 0) is 31.6 Å². The highest BCUT2D eigenvalue weighted by Crippen LogP contribution is 2.30. The lowest BCUT2D eigenvalue weighted by Gasteiger charge is -2.33. The first-order valence-corrected chi connectivity index (χ1v) is 7.15. The summed E-state index contributed by atoms with van der Waals surface area (Å²) in [7, 11) is 2.10. The molecule has 4 heteroatoms. The number of rotatable bonds is 3. The Morgan fingerprint density at radius 1 is 1.41 bits per heavy atom. The summed E-state index contributed by atoms with van der Waals surface area (Å²) in [5.74, 6) is 0.918. The van der Waals surface area contributed by atoms with Crippen molar-refractivity contribution >= 4 is 22.3 Å². The number of hydrogen-bond acceptors (Lipinski definition) is 4. The van der Waals surface area contributed by atoms with E-state index in [0.717, 1.165) is 11.0 Å². The zero-order valence-electron chi connectivity index (χ0n) is 10.8. The van der Waals surface area contributed by atoms with E-state index in [9.17, 15) is 4.79 Å². The Morgan fingerprint density at radius 2 is 2.06 bits per heavy atom. The molecule has 1 saturated carbocycles. The number of aromatic nitrogens is 1. The summed E-state index contributed by atoms with van der Waals surface area (Å²) >= 11 is 1.57. The average Bonchev–Trinajstić information content (AvgIpc) is 2.78. The molecule has 0 bridgehead atoms. The molecule has 0 N–H and O–H groups in total. The van der Waals surface area contributed by atoms with E-state index in [-0.39, 0.29) is 5.78 Å². The van der Waals surface area contributed by atoms with Gasteiger partial charge < -0.3 is 4.90 Å². The molecule has 1 aliphatic rings. The Labute approximate surface area is 107 Å². The van der Waals surface area contributed by atoms with E-state index in [2.05, 4.69) is 23.9 Å². The molecule has 0 radical (unpaired) electrons. The maximum absolute atomic E-state index is 11.2. The van der Waals surface area contributed by atoms with Crippen LogP contribution in [0.4, 0.5) is 5.13 Å². The molecule has 2 rings (SSSR count). The van der Waals surface area contributed by atoms with E-state index in [0.29, 0.717) is 11.7 Å². The van der Waals surface area contributed by atoms with Crippen molar-refractivity contribution in [2.24, 2.45) is 5.92 Å². The summed E-state index contributed by atoms with van der Waals surface area (Å²) in [5.41, 5.74) is 0.598. The van der Waals surface area contributed by atoms with Crippen molar-refractivity contribution < 1.29 is 4.79 Å². The highest BCUT2D eigenvalue weighted by molar-refractivity contribution is 7.13. The Morgan fingerprint density at radius 3 is 2.59 bits per heavy atom. The fourth-order valence-electron chi connectivity index (χ4n) is 2.37. The van der Waals surface area contributed by atoms with Crippen LogP contribution in [0.2, 0.25) is 0 Å². The van der Waals surface area contributed by atoms with E-state index >= 15 is 0 Å². The monoisotopic (exact) mass is 252 g/mol. The number of thiazole rings is 1. The van der Waals surface area contributed by atoms with Crippen LogP contribution in [0.3, 0.4) is 0 Å². The van der Waals surface area contributed by atoms with Gasteiger partial charge in [0.1, 0.15) is 5.69 Å². The molecular weight excluding hydrogens is 232 g/mol. The van der Waals surface area contributed by atoms with Gasteiger partial charge in [0.15, 0.2) is 10.9 Å². The van der Waals surface area contributed by atoms with E-state index in [4.69, 9.17) is 0 Å². The van der Waals surface area contributed by atoms with Crippen LogP contribution in [0, 0.1) is 5.92 Å². The van der Waals surface area contributed by atoms with Crippen LogP contribution in [0.15, 0.2) is 5.38 Å². The lowest BCUT2D eigenvalue weighted by Crippen LogP contribution is -2.34. The fraction of sp³-hybridized carbons (Fsp3) is 0.692. The van der Waals surface area contributed by atoms with Crippen LogP contribution in [0.1, 0.15) is 50.0 Å². The fourth-order valence-corrected chi connectivity index (χ4v) is 3.28. The van der Waals surface area contributed by atoms with Crippen molar-refractivity contribution in [1.29, 1.82) is 0 Å². The van der Waals surface area contributed by atoms with Crippen LogP contribution in [-0.2, 0) is 0 Å². The third-order valence-corrected chi connectivity index (χ3v) is 4.62. The third kappa shape index (κ3) is 2.86. The molecule has 0 aliphatic heterocycles. The minimum Gasteiger partial charge on any atom is -0.348 e. The number of nitrogens with zero attached hydrogens (tertiary/aromatic N) is 2. The summed E-state index contributed by atoms with van der Waals surface area (Å²) < 4.78 is 0. The third-order valence-electron chi connectivity index (χ3n) is 3.69. The topological polar surface area (TPSA) is 33.2 Å². The Bertz CT molecular complexity index is 394. The minimum absolute atomic E-state index is 0.0539. The highest BCUT2D eigenvalue weighted by atomic mass is 32.1. The molecule has 0 saturated heterocycles. The van der Waals surface area contributed by atoms with Gasteiger partial charge in [-0.15, -0.1) is 11.3 Å². The highest BCUT2D eigenvalue weighted by Gasteiger charge is 2.23. The lowest BCUT2D eigenvalue weighted by molar-refractivity contribution is 0.101. The van der Waals surface area contributed by atoms with Crippen molar-refractivity contribution in [2.75, 3.05) is 11.9 Å². The van der Waals surface area contributed by atoms with Crippen LogP contribution in [0.5, 0.6) is 0 Å². The molecule has 1 aromatic heterocycles. The largest absolute Gasteiger partial charge is 0.348 e. The maximum atomic E-state index is 11.2. The van der Waals surface area contributed by atoms with Crippen molar-refractivity contribution in [2.45, 2.75) is 45.6 Å². The second-order valence-corrected chi connectivity index (χ2v) is 5.93. The van der Waals surface area contributed by atoms with E-state index in [1.165, 1.54) is 25.7 Å². The van der Waals surface area contributed by atoms with Gasteiger partial charge in [-0.2, -0.15) is 0 Å². The average molecular weight is 252 g/mol. The smallest absolute Gasteiger partial charge is 0.185 e. The number of ketones is 1. The lowest BCUT2D eigenvalue weighted by atomic mass is 9.87. The first-order chi connectivity index (χ1) is 8.08. The van der Waals surface area contributed by atoms with Gasteiger partial charge >= 0.3 is 0 Å². The van der Waals surface area contributed by atoms with Gasteiger partial charge in [0.05, 0.1) is 0 Å². The number of anilines is 1. The number of Topliss-reactive ketones (excluding diaryl/α,β-unsaturated/α-hetero) is 1. The number of hydrogen-bond donors (Lipinski definition) is 0. The molecule has 94 valence electrons. The van der Waals surface area contributed by atoms with Gasteiger partial charge in [0.25, 0.3) is 0 Å². The van der Waals surface area contributed by atoms with Crippen molar-refractivity contribution in [3.05, 3.63) is 11.1 Å². The summed E-state index contributed by atoms with van der Waals surface area (Å²) in [5, 5.41) is 2.84. The van der Waals surface area contributed by atoms with Crippen LogP contribution < -0.4 is 4.90 Å². The quantitative estimate of drug-likeness (QED) is 0.773. The second kappa shape index (κ2) is 5.17. The second-order valence-electron chi connectivity index (χ2n) is 5.10. The minimum atomic E-state index is 0.0539. The Hall–Kier alpha value is -0.900. The molecule has 0 aromatic carbocycles. The summed E-state index contributed by atoms with van der Waals surface area (Å²) in [6.07, 6.45) is 5.10. The molecule has 1 heterocycles. The van der Waals surface area contributed by atoms with E-state index in [1.807, 2.05) is 5.38 Å². The zero-order valence-corrected chi connectivity index (χ0v) is 11.6. The van der Waals surface area contributed by atoms with Gasteiger partial charge in [0.2, 0.25) is 0 Å². The SMILES string of the molecule is CC(=O)c1csc(N(C)C2CCC(C)CC2)n1. The summed E-state index contributed by atoms with van der Waals surface area (Å²) in [6, 6.07) is 0.595. The first-order valence-electron chi connectivity index (χ1n) is 6.27. The number of carbonyl (C=O) groups is 1. The number of carbonyl (C=O) groups excluding carboxylic acids is 1. The molecule has 1 aliphatic carbocycles. The van der Waals surface area contributed by atoms with Gasteiger partial charge in [-0.25, -0.2) is 4.98 Å². The molecule has 0 spiro atoms. The molecule has 1 aromatic rings. The molecular formula is C13H20N2OS. The molecule has 0 unspecified atom stereocenters. The zero-order chi connectivity index (χ0) is 12.4. The van der Waals surface area contributed by atoms with Gasteiger partial charge in [-0.1, -0.05) is 6.92 Å². The van der Waals surface area contributed by atoms with Crippen LogP contribution in [0.25, 0.3) is 0 Å². The van der Waals surface area contributed by atoms with E-state index < -0.39 is 0 Å². The van der Waals surface area contributed by atoms with Gasteiger partial charge in [-0.3, -0.25) is 4.79 Å². The summed E-state index contributed by atoms with van der Waals surface area (Å²) in [4.78, 5) is 17.9. The van der Waals surface area contributed by atoms with Crippen molar-refractivity contribution in [3.8, 4) is 0 Å². The first kappa shape index (κ1) is 12.6. The predicted octanol–water partition coefficient (Wildman–Crippen LogP) is 3.36. The van der Waals surface area contributed by atoms with Crippen LogP contribution in [-0.4, -0.2) is 23.9 Å². The van der Waals surface area contributed by atoms with Crippen molar-refractivity contribution in [1.82, 2.24) is 4.98 Å². The van der Waals surface area contributed by atoms with Gasteiger partial charge in [0, 0.05) is 25.4 Å². The van der Waals surface area contributed by atoms with E-state index in [1.54, 1.807) is 18.3 Å².